The van der Waals surface area contributed by atoms with Crippen LogP contribution in [-0.2, 0) is 25.7 Å². The Hall–Kier alpha value is -3.26. The highest BCUT2D eigenvalue weighted by Gasteiger charge is 2.30. The molecule has 2 N–H and O–H groups in total. The summed E-state index contributed by atoms with van der Waals surface area (Å²) in [6.45, 7) is 3.89. The summed E-state index contributed by atoms with van der Waals surface area (Å²) in [5, 5.41) is 9.45. The molecule has 13 heteroatoms. The highest BCUT2D eigenvalue weighted by atomic mass is 32.2. The number of aromatic nitrogens is 2. The molecule has 1 saturated heterocycles. The van der Waals surface area contributed by atoms with Crippen molar-refractivity contribution in [2.45, 2.75) is 17.5 Å². The number of hydrogen-bond donors (Lipinski definition) is 1. The van der Waals surface area contributed by atoms with E-state index in [9.17, 15) is 26.4 Å². The van der Waals surface area contributed by atoms with Crippen LogP contribution in [0.3, 0.4) is 0 Å². The Labute approximate surface area is 211 Å². The van der Waals surface area contributed by atoms with Crippen molar-refractivity contribution in [2.75, 3.05) is 39.5 Å². The van der Waals surface area contributed by atoms with Gasteiger partial charge >= 0.3 is 12.1 Å². The maximum Gasteiger partial charge on any atom is 0.416 e. The minimum Gasteiger partial charge on any atom is -0.461 e. The number of nitrogens with two attached hydrogens (primary N) is 1. The minimum atomic E-state index is -4.50. The molecule has 0 amide bonds. The fourth-order valence-electron chi connectivity index (χ4n) is 3.84. The van der Waals surface area contributed by atoms with Gasteiger partial charge in [0.05, 0.1) is 41.7 Å². The highest BCUT2D eigenvalue weighted by Crippen LogP contribution is 2.32. The first-order valence-electron chi connectivity index (χ1n) is 11.4. The molecule has 1 fully saturated rings. The van der Waals surface area contributed by atoms with Crippen LogP contribution in [0, 0.1) is 0 Å². The van der Waals surface area contributed by atoms with Crippen LogP contribution in [0.2, 0.25) is 0 Å². The summed E-state index contributed by atoms with van der Waals surface area (Å²) in [7, 11) is -3.93. The summed E-state index contributed by atoms with van der Waals surface area (Å²) < 4.78 is 74.3. The van der Waals surface area contributed by atoms with E-state index in [1.165, 1.54) is 47.1 Å². The zero-order chi connectivity index (χ0) is 26.6. The van der Waals surface area contributed by atoms with Crippen molar-refractivity contribution in [1.82, 2.24) is 14.7 Å². The average Bonchev–Trinajstić information content (AvgIpc) is 3.32. The van der Waals surface area contributed by atoms with Gasteiger partial charge in [0, 0.05) is 25.2 Å². The second kappa shape index (κ2) is 11.0. The Kier molecular flexibility index (Phi) is 7.97. The molecule has 0 unspecified atom stereocenters. The largest absolute Gasteiger partial charge is 0.461 e. The van der Waals surface area contributed by atoms with Gasteiger partial charge in [-0.15, -0.1) is 0 Å². The monoisotopic (exact) mass is 538 g/mol. The summed E-state index contributed by atoms with van der Waals surface area (Å²) in [6, 6.07) is 11.2. The number of benzene rings is 2. The maximum atomic E-state index is 13.0. The Morgan fingerprint density at radius 1 is 1.05 bits per heavy atom. The molecule has 2 aromatic carbocycles. The summed E-state index contributed by atoms with van der Waals surface area (Å²) in [5.41, 5.74) is 0.185. The Balaban J connectivity index is 1.57. The highest BCUT2D eigenvalue weighted by molar-refractivity contribution is 7.89. The van der Waals surface area contributed by atoms with Gasteiger partial charge in [-0.2, -0.15) is 18.3 Å². The molecule has 0 spiro atoms. The molecule has 198 valence electrons. The molecule has 37 heavy (non-hydrogen) atoms. The van der Waals surface area contributed by atoms with Crippen molar-refractivity contribution in [1.29, 1.82) is 0 Å². The number of sulfonamides is 1. The number of alkyl halides is 3. The molecule has 0 saturated carbocycles. The van der Waals surface area contributed by atoms with E-state index in [-0.39, 0.29) is 17.2 Å². The zero-order valence-corrected chi connectivity index (χ0v) is 20.5. The van der Waals surface area contributed by atoms with Crippen LogP contribution in [0.4, 0.5) is 13.2 Å². The molecule has 1 aliphatic rings. The van der Waals surface area contributed by atoms with Crippen molar-refractivity contribution >= 4 is 16.0 Å². The van der Waals surface area contributed by atoms with E-state index >= 15 is 0 Å². The molecular formula is C24H25F3N4O5S. The molecule has 1 aromatic heterocycles. The Bertz CT molecular complexity index is 1330. The van der Waals surface area contributed by atoms with Gasteiger partial charge in [0.25, 0.3) is 0 Å². The van der Waals surface area contributed by atoms with Gasteiger partial charge in [0.15, 0.2) is 5.69 Å². The lowest BCUT2D eigenvalue weighted by molar-refractivity contribution is -0.137. The fourth-order valence-corrected chi connectivity index (χ4v) is 4.36. The van der Waals surface area contributed by atoms with E-state index in [2.05, 4.69) is 10.00 Å². The number of ether oxygens (including phenoxy) is 2. The standard InChI is InChI=1S/C24H25F3N4O5S/c25-24(26,27)18-4-2-17(3-5-18)22-16-21(23(32)36-13-1-10-30-11-14-35-15-12-30)29-31(22)19-6-8-20(9-7-19)37(28,33)34/h2-9,16H,1,10-15H2,(H2,28,33,34). The zero-order valence-electron chi connectivity index (χ0n) is 19.6. The predicted molar refractivity (Wildman–Crippen MR) is 128 cm³/mol. The van der Waals surface area contributed by atoms with Crippen molar-refractivity contribution in [3.8, 4) is 16.9 Å². The molecule has 0 bridgehead atoms. The van der Waals surface area contributed by atoms with Gasteiger partial charge in [0.2, 0.25) is 10.0 Å². The third-order valence-corrected chi connectivity index (χ3v) is 6.72. The summed E-state index contributed by atoms with van der Waals surface area (Å²) in [6.07, 6.45) is -3.88. The maximum absolute atomic E-state index is 13.0. The molecule has 0 atom stereocenters. The van der Waals surface area contributed by atoms with Crippen molar-refractivity contribution in [3.63, 3.8) is 0 Å². The lowest BCUT2D eigenvalue weighted by atomic mass is 10.1. The van der Waals surface area contributed by atoms with E-state index < -0.39 is 27.7 Å². The first kappa shape index (κ1) is 26.8. The van der Waals surface area contributed by atoms with E-state index in [1.807, 2.05) is 0 Å². The molecule has 3 aromatic rings. The van der Waals surface area contributed by atoms with Crippen LogP contribution >= 0.6 is 0 Å². The van der Waals surface area contributed by atoms with Gasteiger partial charge in [0.1, 0.15) is 0 Å². The molecule has 0 radical (unpaired) electrons. The van der Waals surface area contributed by atoms with Crippen molar-refractivity contribution in [3.05, 3.63) is 65.9 Å². The second-order valence-electron chi connectivity index (χ2n) is 8.38. The second-order valence-corrected chi connectivity index (χ2v) is 9.95. The first-order valence-corrected chi connectivity index (χ1v) is 13.0. The topological polar surface area (TPSA) is 117 Å². The predicted octanol–water partition coefficient (Wildman–Crippen LogP) is 3.08. The van der Waals surface area contributed by atoms with E-state index in [0.717, 1.165) is 31.8 Å². The number of carbonyl (C=O) groups is 1. The number of morpholine rings is 1. The van der Waals surface area contributed by atoms with Crippen LogP contribution in [0.15, 0.2) is 59.5 Å². The third-order valence-electron chi connectivity index (χ3n) is 5.79. The summed E-state index contributed by atoms with van der Waals surface area (Å²) >= 11 is 0. The van der Waals surface area contributed by atoms with E-state index in [0.29, 0.717) is 36.6 Å². The fraction of sp³-hybridized carbons (Fsp3) is 0.333. The molecule has 4 rings (SSSR count). The average molecular weight is 539 g/mol. The lowest BCUT2D eigenvalue weighted by Crippen LogP contribution is -2.37. The quantitative estimate of drug-likeness (QED) is 0.346. The van der Waals surface area contributed by atoms with Gasteiger partial charge < -0.3 is 9.47 Å². The Morgan fingerprint density at radius 2 is 1.70 bits per heavy atom. The van der Waals surface area contributed by atoms with Crippen LogP contribution < -0.4 is 5.14 Å². The molecule has 2 heterocycles. The van der Waals surface area contributed by atoms with Crippen molar-refractivity contribution in [2.24, 2.45) is 5.14 Å². The smallest absolute Gasteiger partial charge is 0.416 e. The molecular weight excluding hydrogens is 513 g/mol. The Morgan fingerprint density at radius 3 is 2.30 bits per heavy atom. The summed E-state index contributed by atoms with van der Waals surface area (Å²) in [4.78, 5) is 14.8. The van der Waals surface area contributed by atoms with Crippen LogP contribution in [0.1, 0.15) is 22.5 Å². The lowest BCUT2D eigenvalue weighted by Gasteiger charge is -2.26. The van der Waals surface area contributed by atoms with Crippen LogP contribution in [0.25, 0.3) is 16.9 Å². The number of esters is 1. The van der Waals surface area contributed by atoms with Gasteiger partial charge in [-0.25, -0.2) is 23.0 Å². The van der Waals surface area contributed by atoms with E-state index in [4.69, 9.17) is 14.6 Å². The number of hydrogen-bond acceptors (Lipinski definition) is 7. The number of halogens is 3. The summed E-state index contributed by atoms with van der Waals surface area (Å²) in [5.74, 6) is -0.685. The molecule has 0 aliphatic carbocycles. The van der Waals surface area contributed by atoms with Crippen LogP contribution in [0.5, 0.6) is 0 Å². The van der Waals surface area contributed by atoms with Crippen molar-refractivity contribution < 1.29 is 35.9 Å². The van der Waals surface area contributed by atoms with Gasteiger partial charge in [-0.05, 0) is 48.9 Å². The first-order chi connectivity index (χ1) is 17.5. The number of primary sulfonamides is 1. The van der Waals surface area contributed by atoms with Gasteiger partial charge in [-0.1, -0.05) is 12.1 Å². The SMILES string of the molecule is NS(=O)(=O)c1ccc(-n2nc(C(=O)OCCCN3CCOCC3)cc2-c2ccc(C(F)(F)F)cc2)cc1. The molecule has 9 nitrogen and oxygen atoms in total. The third kappa shape index (κ3) is 6.74. The number of carbonyl (C=O) groups excluding carboxylic acids is 1. The number of rotatable bonds is 8. The molecule has 1 aliphatic heterocycles. The minimum absolute atomic E-state index is 0.0446. The normalized spacial score (nSPS) is 15.0. The van der Waals surface area contributed by atoms with E-state index in [1.54, 1.807) is 0 Å². The van der Waals surface area contributed by atoms with Gasteiger partial charge in [-0.3, -0.25) is 4.90 Å². The van der Waals surface area contributed by atoms with Crippen LogP contribution in [-0.4, -0.2) is 68.5 Å². The number of nitrogens with zero attached hydrogens (tertiary/aromatic N) is 3.